The van der Waals surface area contributed by atoms with Gasteiger partial charge in [0.1, 0.15) is 4.21 Å². The molecule has 2 amide bonds. The number of nitrogens with zero attached hydrogens (tertiary/aromatic N) is 2. The van der Waals surface area contributed by atoms with Gasteiger partial charge in [0.25, 0.3) is 10.0 Å². The van der Waals surface area contributed by atoms with Crippen LogP contribution in [0.15, 0.2) is 40.7 Å². The molecule has 2 saturated heterocycles. The molecule has 2 aromatic heterocycles. The van der Waals surface area contributed by atoms with Crippen LogP contribution in [-0.4, -0.2) is 42.6 Å². The van der Waals surface area contributed by atoms with Crippen LogP contribution in [0.5, 0.6) is 0 Å². The van der Waals surface area contributed by atoms with E-state index in [0.717, 1.165) is 16.2 Å². The zero-order chi connectivity index (χ0) is 17.7. The zero-order valence-electron chi connectivity index (χ0n) is 13.1. The molecule has 0 saturated carbocycles. The van der Waals surface area contributed by atoms with E-state index < -0.39 is 15.4 Å². The van der Waals surface area contributed by atoms with Crippen molar-refractivity contribution in [2.75, 3.05) is 13.1 Å². The van der Waals surface area contributed by atoms with Crippen LogP contribution in [0.4, 0.5) is 0 Å². The molecule has 130 valence electrons. The lowest BCUT2D eigenvalue weighted by atomic mass is 9.86. The number of carbonyl (C=O) groups excluding carboxylic acids is 2. The number of rotatable bonds is 3. The summed E-state index contributed by atoms with van der Waals surface area (Å²) in [5.74, 6) is -0.701. The molecular formula is C16H15N3O4S2. The SMILES string of the molecule is O=C1CC2(CCN(S(=O)(=O)c3ccc(-c4ccccn4)s3)C2)C(=O)N1. The van der Waals surface area contributed by atoms with Crippen molar-refractivity contribution in [3.63, 3.8) is 0 Å². The number of hydrogen-bond acceptors (Lipinski definition) is 6. The molecule has 1 N–H and O–H groups in total. The third-order valence-corrected chi connectivity index (χ3v) is 8.07. The fourth-order valence-electron chi connectivity index (χ4n) is 3.29. The molecule has 4 rings (SSSR count). The Morgan fingerprint density at radius 2 is 2.04 bits per heavy atom. The van der Waals surface area contributed by atoms with Crippen molar-refractivity contribution in [2.24, 2.45) is 5.41 Å². The Labute approximate surface area is 148 Å². The van der Waals surface area contributed by atoms with Crippen LogP contribution in [0.1, 0.15) is 12.8 Å². The largest absolute Gasteiger partial charge is 0.296 e. The summed E-state index contributed by atoms with van der Waals surface area (Å²) in [5.41, 5.74) is -0.196. The molecule has 2 aliphatic heterocycles. The molecule has 1 spiro atoms. The number of nitrogens with one attached hydrogen (secondary N) is 1. The normalized spacial score (nSPS) is 24.2. The minimum atomic E-state index is -3.70. The van der Waals surface area contributed by atoms with Crippen LogP contribution in [-0.2, 0) is 19.6 Å². The predicted molar refractivity (Wildman–Crippen MR) is 91.1 cm³/mol. The first-order chi connectivity index (χ1) is 11.9. The van der Waals surface area contributed by atoms with Gasteiger partial charge in [0.15, 0.2) is 0 Å². The lowest BCUT2D eigenvalue weighted by Gasteiger charge is -2.19. The molecule has 0 bridgehead atoms. The van der Waals surface area contributed by atoms with Crippen molar-refractivity contribution in [3.8, 4) is 10.6 Å². The Balaban J connectivity index is 1.60. The van der Waals surface area contributed by atoms with E-state index in [9.17, 15) is 18.0 Å². The molecule has 0 radical (unpaired) electrons. The molecule has 2 fully saturated rings. The number of carbonyl (C=O) groups is 2. The van der Waals surface area contributed by atoms with Gasteiger partial charge in [0.05, 0.1) is 16.0 Å². The van der Waals surface area contributed by atoms with E-state index in [-0.39, 0.29) is 35.5 Å². The molecule has 9 heteroatoms. The van der Waals surface area contributed by atoms with Gasteiger partial charge in [0.2, 0.25) is 11.8 Å². The summed E-state index contributed by atoms with van der Waals surface area (Å²) in [5, 5.41) is 2.28. The predicted octanol–water partition coefficient (Wildman–Crippen LogP) is 1.24. The molecule has 25 heavy (non-hydrogen) atoms. The lowest BCUT2D eigenvalue weighted by Crippen LogP contribution is -2.36. The summed E-state index contributed by atoms with van der Waals surface area (Å²) in [6.07, 6.45) is 2.08. The number of aromatic nitrogens is 1. The number of pyridine rings is 1. The Morgan fingerprint density at radius 1 is 1.20 bits per heavy atom. The smallest absolute Gasteiger partial charge is 0.252 e. The van der Waals surface area contributed by atoms with Crippen LogP contribution in [0.25, 0.3) is 10.6 Å². The van der Waals surface area contributed by atoms with Crippen molar-refractivity contribution in [3.05, 3.63) is 36.5 Å². The van der Waals surface area contributed by atoms with Crippen LogP contribution in [0, 0.1) is 5.41 Å². The summed E-state index contributed by atoms with van der Waals surface area (Å²) in [6.45, 7) is 0.281. The monoisotopic (exact) mass is 377 g/mol. The van der Waals surface area contributed by atoms with Crippen molar-refractivity contribution < 1.29 is 18.0 Å². The van der Waals surface area contributed by atoms with Crippen LogP contribution >= 0.6 is 11.3 Å². The maximum Gasteiger partial charge on any atom is 0.252 e. The summed E-state index contributed by atoms with van der Waals surface area (Å²) in [6, 6.07) is 8.76. The van der Waals surface area contributed by atoms with Gasteiger partial charge in [-0.05, 0) is 30.7 Å². The molecule has 0 aromatic carbocycles. The van der Waals surface area contributed by atoms with Crippen LogP contribution in [0.2, 0.25) is 0 Å². The highest BCUT2D eigenvalue weighted by Gasteiger charge is 2.53. The van der Waals surface area contributed by atoms with Gasteiger partial charge in [-0.15, -0.1) is 11.3 Å². The second-order valence-electron chi connectivity index (χ2n) is 6.26. The maximum atomic E-state index is 12.9. The number of hydrogen-bond donors (Lipinski definition) is 1. The van der Waals surface area contributed by atoms with Crippen molar-refractivity contribution in [1.82, 2.24) is 14.6 Å². The van der Waals surface area contributed by atoms with Gasteiger partial charge in [0, 0.05) is 25.7 Å². The van der Waals surface area contributed by atoms with E-state index in [2.05, 4.69) is 10.3 Å². The molecule has 2 aromatic rings. The molecule has 2 aliphatic rings. The minimum Gasteiger partial charge on any atom is -0.296 e. The topological polar surface area (TPSA) is 96.4 Å². The number of imide groups is 1. The average molecular weight is 377 g/mol. The highest BCUT2D eigenvalue weighted by Crippen LogP contribution is 2.41. The average Bonchev–Trinajstić information content (AvgIpc) is 3.29. The molecule has 1 atom stereocenters. The standard InChI is InChI=1S/C16H15N3O4S2/c20-13-9-16(15(21)18-13)6-8-19(10-16)25(22,23)14-5-4-12(24-14)11-3-1-2-7-17-11/h1-5,7H,6,8-10H2,(H,18,20,21). The van der Waals surface area contributed by atoms with Crippen LogP contribution in [0.3, 0.4) is 0 Å². The minimum absolute atomic E-state index is 0.0454. The van der Waals surface area contributed by atoms with Gasteiger partial charge >= 0.3 is 0 Å². The Morgan fingerprint density at radius 3 is 2.72 bits per heavy atom. The Hall–Kier alpha value is -2.10. The zero-order valence-corrected chi connectivity index (χ0v) is 14.8. The first-order valence-electron chi connectivity index (χ1n) is 7.76. The van der Waals surface area contributed by atoms with E-state index in [1.165, 1.54) is 4.31 Å². The second kappa shape index (κ2) is 5.72. The Bertz CT molecular complexity index is 955. The van der Waals surface area contributed by atoms with E-state index in [1.54, 1.807) is 24.4 Å². The third kappa shape index (κ3) is 2.68. The second-order valence-corrected chi connectivity index (χ2v) is 9.51. The molecular weight excluding hydrogens is 362 g/mol. The lowest BCUT2D eigenvalue weighted by molar-refractivity contribution is -0.128. The first-order valence-corrected chi connectivity index (χ1v) is 10.0. The number of sulfonamides is 1. The van der Waals surface area contributed by atoms with Gasteiger partial charge in [-0.2, -0.15) is 4.31 Å². The number of thiophene rings is 1. The highest BCUT2D eigenvalue weighted by molar-refractivity contribution is 7.91. The van der Waals surface area contributed by atoms with E-state index in [0.29, 0.717) is 12.1 Å². The fourth-order valence-corrected chi connectivity index (χ4v) is 6.26. The van der Waals surface area contributed by atoms with Gasteiger partial charge in [-0.1, -0.05) is 6.07 Å². The highest BCUT2D eigenvalue weighted by atomic mass is 32.2. The van der Waals surface area contributed by atoms with Crippen molar-refractivity contribution in [1.29, 1.82) is 0 Å². The first kappa shape index (κ1) is 16.4. The summed E-state index contributed by atoms with van der Waals surface area (Å²) >= 11 is 1.15. The number of amides is 2. The molecule has 7 nitrogen and oxygen atoms in total. The van der Waals surface area contributed by atoms with E-state index >= 15 is 0 Å². The van der Waals surface area contributed by atoms with Gasteiger partial charge in [-0.3, -0.25) is 19.9 Å². The summed E-state index contributed by atoms with van der Waals surface area (Å²) in [4.78, 5) is 28.5. The maximum absolute atomic E-state index is 12.9. The Kier molecular flexibility index (Phi) is 3.75. The molecule has 0 aliphatic carbocycles. The third-order valence-electron chi connectivity index (χ3n) is 4.65. The van der Waals surface area contributed by atoms with Crippen LogP contribution < -0.4 is 5.32 Å². The van der Waals surface area contributed by atoms with Crippen molar-refractivity contribution in [2.45, 2.75) is 17.1 Å². The van der Waals surface area contributed by atoms with Crippen molar-refractivity contribution >= 4 is 33.2 Å². The van der Waals surface area contributed by atoms with E-state index in [1.807, 2.05) is 12.1 Å². The molecule has 1 unspecified atom stereocenters. The summed E-state index contributed by atoms with van der Waals surface area (Å²) in [7, 11) is -3.70. The quantitative estimate of drug-likeness (QED) is 0.812. The van der Waals surface area contributed by atoms with Gasteiger partial charge in [-0.25, -0.2) is 8.42 Å². The van der Waals surface area contributed by atoms with E-state index in [4.69, 9.17) is 0 Å². The molecule has 4 heterocycles. The van der Waals surface area contributed by atoms with Gasteiger partial charge < -0.3 is 0 Å². The summed E-state index contributed by atoms with van der Waals surface area (Å²) < 4.78 is 27.3. The fraction of sp³-hybridized carbons (Fsp3) is 0.312.